The highest BCUT2D eigenvalue weighted by Gasteiger charge is 2.10. The molecule has 0 spiro atoms. The van der Waals surface area contributed by atoms with Crippen LogP contribution in [0, 0.1) is 5.92 Å². The van der Waals surface area contributed by atoms with Crippen LogP contribution in [0.15, 0.2) is 11.0 Å². The normalized spacial score (nSPS) is 13.1. The molecular weight excluding hydrogens is 298 g/mol. The van der Waals surface area contributed by atoms with Crippen molar-refractivity contribution in [2.24, 2.45) is 13.0 Å². The SMILES string of the molecule is CC(CCBr)CCn1nnc2c(cnn2C)c1=O. The Bertz CT molecular complexity index is 591. The number of aromatic nitrogens is 5. The second-order valence-corrected chi connectivity index (χ2v) is 5.29. The smallest absolute Gasteiger partial charge is 0.267 e. The molecule has 2 aromatic rings. The third-order valence-corrected chi connectivity index (χ3v) is 3.51. The fourth-order valence-corrected chi connectivity index (χ4v) is 2.58. The molecule has 0 saturated carbocycles. The van der Waals surface area contributed by atoms with Gasteiger partial charge in [0.1, 0.15) is 5.39 Å². The van der Waals surface area contributed by atoms with Gasteiger partial charge in [-0.2, -0.15) is 5.10 Å². The molecule has 0 fully saturated rings. The number of halogens is 1. The van der Waals surface area contributed by atoms with Gasteiger partial charge in [0.15, 0.2) is 5.65 Å². The molecule has 6 nitrogen and oxygen atoms in total. The lowest BCUT2D eigenvalue weighted by Gasteiger charge is -2.09. The fraction of sp³-hybridized carbons (Fsp3) is 0.636. The highest BCUT2D eigenvalue weighted by Crippen LogP contribution is 2.10. The van der Waals surface area contributed by atoms with E-state index in [-0.39, 0.29) is 5.56 Å². The quantitative estimate of drug-likeness (QED) is 0.781. The Morgan fingerprint density at radius 1 is 1.44 bits per heavy atom. The minimum Gasteiger partial charge on any atom is -0.267 e. The topological polar surface area (TPSA) is 65.6 Å². The number of alkyl halides is 1. The lowest BCUT2D eigenvalue weighted by molar-refractivity contribution is 0.431. The van der Waals surface area contributed by atoms with Crippen LogP contribution in [0.2, 0.25) is 0 Å². The Balaban J connectivity index is 2.19. The molecule has 1 atom stereocenters. The first-order valence-corrected chi connectivity index (χ1v) is 7.07. The second-order valence-electron chi connectivity index (χ2n) is 4.49. The van der Waals surface area contributed by atoms with Crippen molar-refractivity contribution in [3.63, 3.8) is 0 Å². The highest BCUT2D eigenvalue weighted by molar-refractivity contribution is 9.09. The zero-order valence-corrected chi connectivity index (χ0v) is 12.1. The first kappa shape index (κ1) is 13.2. The van der Waals surface area contributed by atoms with Crippen LogP contribution in [0.4, 0.5) is 0 Å². The van der Waals surface area contributed by atoms with Gasteiger partial charge in [-0.05, 0) is 18.8 Å². The van der Waals surface area contributed by atoms with Crippen LogP contribution in [0.5, 0.6) is 0 Å². The molecule has 0 aliphatic heterocycles. The fourth-order valence-electron chi connectivity index (χ4n) is 1.80. The molecule has 2 rings (SSSR count). The zero-order valence-electron chi connectivity index (χ0n) is 10.5. The van der Waals surface area contributed by atoms with Gasteiger partial charge in [-0.1, -0.05) is 28.1 Å². The van der Waals surface area contributed by atoms with Crippen LogP contribution in [-0.4, -0.2) is 30.1 Å². The third kappa shape index (κ3) is 2.60. The molecule has 18 heavy (non-hydrogen) atoms. The maximum atomic E-state index is 12.1. The van der Waals surface area contributed by atoms with Gasteiger partial charge in [0.2, 0.25) is 0 Å². The van der Waals surface area contributed by atoms with E-state index in [4.69, 9.17) is 0 Å². The summed E-state index contributed by atoms with van der Waals surface area (Å²) < 4.78 is 2.98. The van der Waals surface area contributed by atoms with Crippen molar-refractivity contribution in [1.82, 2.24) is 24.8 Å². The van der Waals surface area contributed by atoms with Gasteiger partial charge in [0.25, 0.3) is 5.56 Å². The summed E-state index contributed by atoms with van der Waals surface area (Å²) in [6.07, 6.45) is 3.56. The van der Waals surface area contributed by atoms with Gasteiger partial charge < -0.3 is 0 Å². The average Bonchev–Trinajstić information content (AvgIpc) is 2.72. The van der Waals surface area contributed by atoms with Crippen LogP contribution < -0.4 is 5.56 Å². The van der Waals surface area contributed by atoms with Crippen molar-refractivity contribution >= 4 is 27.0 Å². The molecule has 2 aromatic heterocycles. The van der Waals surface area contributed by atoms with Gasteiger partial charge in [0, 0.05) is 18.9 Å². The van der Waals surface area contributed by atoms with Crippen LogP contribution in [-0.2, 0) is 13.6 Å². The van der Waals surface area contributed by atoms with E-state index in [0.717, 1.165) is 18.2 Å². The predicted molar refractivity (Wildman–Crippen MR) is 72.8 cm³/mol. The van der Waals surface area contributed by atoms with Crippen molar-refractivity contribution in [1.29, 1.82) is 0 Å². The van der Waals surface area contributed by atoms with E-state index in [0.29, 0.717) is 23.5 Å². The van der Waals surface area contributed by atoms with Crippen molar-refractivity contribution < 1.29 is 0 Å². The van der Waals surface area contributed by atoms with E-state index >= 15 is 0 Å². The molecule has 7 heteroatoms. The maximum absolute atomic E-state index is 12.1. The third-order valence-electron chi connectivity index (χ3n) is 3.06. The van der Waals surface area contributed by atoms with Gasteiger partial charge in [0.05, 0.1) is 6.20 Å². The number of hydrogen-bond acceptors (Lipinski definition) is 4. The molecule has 0 aromatic carbocycles. The lowest BCUT2D eigenvalue weighted by Crippen LogP contribution is -2.25. The second kappa shape index (κ2) is 5.60. The molecule has 0 N–H and O–H groups in total. The van der Waals surface area contributed by atoms with E-state index in [2.05, 4.69) is 38.3 Å². The van der Waals surface area contributed by atoms with Crippen LogP contribution in [0.1, 0.15) is 19.8 Å². The van der Waals surface area contributed by atoms with Crippen LogP contribution in [0.3, 0.4) is 0 Å². The van der Waals surface area contributed by atoms with Gasteiger partial charge in [-0.15, -0.1) is 5.10 Å². The largest absolute Gasteiger partial charge is 0.280 e. The van der Waals surface area contributed by atoms with E-state index in [9.17, 15) is 4.79 Å². The number of rotatable bonds is 5. The van der Waals surface area contributed by atoms with Crippen LogP contribution >= 0.6 is 15.9 Å². The Morgan fingerprint density at radius 2 is 2.22 bits per heavy atom. The van der Waals surface area contributed by atoms with Crippen LogP contribution in [0.25, 0.3) is 11.0 Å². The van der Waals surface area contributed by atoms with E-state index in [1.807, 2.05) is 0 Å². The van der Waals surface area contributed by atoms with Crippen molar-refractivity contribution in [2.45, 2.75) is 26.3 Å². The van der Waals surface area contributed by atoms with E-state index < -0.39 is 0 Å². The molecule has 0 amide bonds. The average molecular weight is 314 g/mol. The standard InChI is InChI=1S/C11H16BrN5O/c1-8(3-5-12)4-6-17-11(18)9-7-13-16(2)10(9)14-15-17/h7-8H,3-6H2,1-2H3. The summed E-state index contributed by atoms with van der Waals surface area (Å²) in [4.78, 5) is 12.1. The predicted octanol–water partition coefficient (Wildman–Crippen LogP) is 1.34. The van der Waals surface area contributed by atoms with Gasteiger partial charge in [-0.3, -0.25) is 4.79 Å². The Hall–Kier alpha value is -1.24. The maximum Gasteiger partial charge on any atom is 0.280 e. The summed E-state index contributed by atoms with van der Waals surface area (Å²) in [7, 11) is 1.75. The molecule has 0 aliphatic carbocycles. The molecule has 0 bridgehead atoms. The van der Waals surface area contributed by atoms with Crippen molar-refractivity contribution in [2.75, 3.05) is 5.33 Å². The summed E-state index contributed by atoms with van der Waals surface area (Å²) in [5.41, 5.74) is 0.420. The molecule has 0 radical (unpaired) electrons. The van der Waals surface area contributed by atoms with E-state index in [1.54, 1.807) is 17.9 Å². The molecular formula is C11H16BrN5O. The lowest BCUT2D eigenvalue weighted by atomic mass is 10.1. The van der Waals surface area contributed by atoms with Gasteiger partial charge >= 0.3 is 0 Å². The molecule has 98 valence electrons. The molecule has 0 saturated heterocycles. The summed E-state index contributed by atoms with van der Waals surface area (Å²) in [5.74, 6) is 0.558. The minimum absolute atomic E-state index is 0.112. The molecule has 2 heterocycles. The molecule has 0 aliphatic rings. The summed E-state index contributed by atoms with van der Waals surface area (Å²) in [6, 6.07) is 0. The summed E-state index contributed by atoms with van der Waals surface area (Å²) in [5, 5.41) is 13.5. The van der Waals surface area contributed by atoms with Gasteiger partial charge in [-0.25, -0.2) is 9.36 Å². The summed E-state index contributed by atoms with van der Waals surface area (Å²) >= 11 is 3.42. The first-order chi connectivity index (χ1) is 8.63. The number of fused-ring (bicyclic) bond motifs is 1. The van der Waals surface area contributed by atoms with E-state index in [1.165, 1.54) is 4.68 Å². The van der Waals surface area contributed by atoms with Crippen molar-refractivity contribution in [3.8, 4) is 0 Å². The molecule has 1 unspecified atom stereocenters. The minimum atomic E-state index is -0.112. The summed E-state index contributed by atoms with van der Waals surface area (Å²) in [6.45, 7) is 2.77. The Morgan fingerprint density at radius 3 is 2.94 bits per heavy atom. The number of hydrogen-bond donors (Lipinski definition) is 0. The first-order valence-electron chi connectivity index (χ1n) is 5.95. The number of nitrogens with zero attached hydrogens (tertiary/aromatic N) is 5. The number of aryl methyl sites for hydroxylation is 2. The van der Waals surface area contributed by atoms with Crippen molar-refractivity contribution in [3.05, 3.63) is 16.6 Å². The Kier molecular flexibility index (Phi) is 4.11. The highest BCUT2D eigenvalue weighted by atomic mass is 79.9. The zero-order chi connectivity index (χ0) is 13.1. The monoisotopic (exact) mass is 313 g/mol. The Labute approximate surface area is 113 Å².